The Kier molecular flexibility index (Phi) is 29.4. The molecule has 0 spiro atoms. The summed E-state index contributed by atoms with van der Waals surface area (Å²) >= 11 is 0. The molecule has 0 radical (unpaired) electrons. The largest absolute Gasteiger partial charge is 0.756 e. The van der Waals surface area contributed by atoms with E-state index in [1.807, 2.05) is 39.4 Å². The molecule has 332 valence electrons. The van der Waals surface area contributed by atoms with Gasteiger partial charge < -0.3 is 37.4 Å². The number of allylic oxidation sites excluding steroid dienone is 6. The molecule has 0 saturated heterocycles. The molecule has 2 unspecified atom stereocenters. The maximum absolute atomic E-state index is 12.7. The summed E-state index contributed by atoms with van der Waals surface area (Å²) in [6.45, 7) is 8.15. The zero-order valence-electron chi connectivity index (χ0n) is 37.1. The summed E-state index contributed by atoms with van der Waals surface area (Å²) in [6, 6.07) is 0. The molecular weight excluding hydrogens is 757 g/mol. The smallest absolute Gasteiger partial charge is 0.306 e. The molecule has 0 saturated carbocycles. The Hall–Kier alpha value is -2.79. The number of esters is 2. The Morgan fingerprint density at radius 1 is 0.759 bits per heavy atom. The zero-order valence-corrected chi connectivity index (χ0v) is 37.9. The Morgan fingerprint density at radius 3 is 2.12 bits per heavy atom. The van der Waals surface area contributed by atoms with Crippen molar-refractivity contribution < 1.29 is 51.6 Å². The third-order valence-corrected chi connectivity index (χ3v) is 10.6. The Labute approximate surface area is 351 Å². The molecule has 0 aliphatic rings. The van der Waals surface area contributed by atoms with Gasteiger partial charge in [0.1, 0.15) is 31.3 Å². The molecule has 1 aromatic rings. The van der Waals surface area contributed by atoms with E-state index in [4.69, 9.17) is 22.9 Å². The fraction of sp³-hybridized carbons (Fsp3) is 0.696. The van der Waals surface area contributed by atoms with Crippen molar-refractivity contribution >= 4 is 19.8 Å². The van der Waals surface area contributed by atoms with E-state index in [1.165, 1.54) is 30.4 Å². The minimum atomic E-state index is -4.67. The first-order chi connectivity index (χ1) is 27.7. The van der Waals surface area contributed by atoms with Crippen molar-refractivity contribution in [2.24, 2.45) is 0 Å². The molecule has 0 fully saturated rings. The van der Waals surface area contributed by atoms with Gasteiger partial charge in [-0.25, -0.2) is 0 Å². The quantitative estimate of drug-likeness (QED) is 0.0175. The number of rotatable bonds is 35. The van der Waals surface area contributed by atoms with Crippen molar-refractivity contribution in [3.63, 3.8) is 0 Å². The number of phosphoric ester groups is 1. The summed E-state index contributed by atoms with van der Waals surface area (Å²) in [5.74, 6) is 1.21. The lowest BCUT2D eigenvalue weighted by Gasteiger charge is -2.28. The lowest BCUT2D eigenvalue weighted by Crippen LogP contribution is -2.37. The van der Waals surface area contributed by atoms with Crippen LogP contribution >= 0.6 is 7.82 Å². The Bertz CT molecular complexity index is 1420. The summed E-state index contributed by atoms with van der Waals surface area (Å²) < 4.78 is 39.9. The lowest BCUT2D eigenvalue weighted by atomic mass is 10.0. The number of hydrogen-bond donors (Lipinski definition) is 1. The van der Waals surface area contributed by atoms with E-state index >= 15 is 0 Å². The van der Waals surface area contributed by atoms with Crippen LogP contribution in [0.2, 0.25) is 0 Å². The number of aliphatic hydroxyl groups is 1. The minimum Gasteiger partial charge on any atom is -0.756 e. The fourth-order valence-electron chi connectivity index (χ4n) is 5.89. The molecule has 58 heavy (non-hydrogen) atoms. The number of quaternary nitrogens is 1. The number of carbonyl (C=O) groups excluding carboxylic acids is 2. The fourth-order valence-corrected chi connectivity index (χ4v) is 6.62. The van der Waals surface area contributed by atoms with Gasteiger partial charge in [0.25, 0.3) is 7.82 Å². The molecule has 1 heterocycles. The Balaban J connectivity index is 2.45. The summed E-state index contributed by atoms with van der Waals surface area (Å²) in [5.41, 5.74) is 2.55. The average molecular weight is 836 g/mol. The van der Waals surface area contributed by atoms with Crippen molar-refractivity contribution in [3.8, 4) is 0 Å². The summed E-state index contributed by atoms with van der Waals surface area (Å²) in [4.78, 5) is 37.6. The molecule has 1 N–H and O–H groups in total. The van der Waals surface area contributed by atoms with E-state index in [-0.39, 0.29) is 26.1 Å². The summed E-state index contributed by atoms with van der Waals surface area (Å²) in [5, 5.41) is 10.1. The number of hydrogen-bond acceptors (Lipinski definition) is 10. The minimum absolute atomic E-state index is 0.0642. The highest BCUT2D eigenvalue weighted by atomic mass is 31.2. The lowest BCUT2D eigenvalue weighted by molar-refractivity contribution is -0.870. The van der Waals surface area contributed by atoms with Crippen molar-refractivity contribution in [2.45, 2.75) is 162 Å². The van der Waals surface area contributed by atoms with Crippen LogP contribution in [0.15, 0.2) is 53.0 Å². The van der Waals surface area contributed by atoms with Gasteiger partial charge >= 0.3 is 11.9 Å². The van der Waals surface area contributed by atoms with E-state index in [9.17, 15) is 24.2 Å². The summed E-state index contributed by atoms with van der Waals surface area (Å²) in [6.07, 6.45) is 30.3. The second-order valence-electron chi connectivity index (χ2n) is 16.1. The first kappa shape index (κ1) is 53.2. The van der Waals surface area contributed by atoms with Gasteiger partial charge in [0.15, 0.2) is 6.10 Å². The maximum atomic E-state index is 12.7. The molecule has 0 amide bonds. The van der Waals surface area contributed by atoms with Gasteiger partial charge in [-0.3, -0.25) is 14.2 Å². The van der Waals surface area contributed by atoms with Crippen molar-refractivity contribution in [3.05, 3.63) is 71.3 Å². The molecule has 12 heteroatoms. The van der Waals surface area contributed by atoms with Crippen LogP contribution in [-0.4, -0.2) is 81.2 Å². The van der Waals surface area contributed by atoms with Gasteiger partial charge in [0, 0.05) is 25.7 Å². The molecule has 11 nitrogen and oxygen atoms in total. The highest BCUT2D eigenvalue weighted by Crippen LogP contribution is 2.38. The third-order valence-electron chi connectivity index (χ3n) is 9.61. The van der Waals surface area contributed by atoms with Crippen molar-refractivity contribution in [1.82, 2.24) is 0 Å². The van der Waals surface area contributed by atoms with E-state index in [0.717, 1.165) is 75.7 Å². The highest BCUT2D eigenvalue weighted by molar-refractivity contribution is 7.45. The number of aryl methyl sites for hydroxylation is 2. The topological polar surface area (TPSA) is 145 Å². The van der Waals surface area contributed by atoms with Crippen LogP contribution in [0.1, 0.15) is 146 Å². The molecule has 1 rings (SSSR count). The van der Waals surface area contributed by atoms with Crippen LogP contribution in [-0.2, 0) is 45.5 Å². The molecule has 0 bridgehead atoms. The van der Waals surface area contributed by atoms with E-state index in [0.29, 0.717) is 36.7 Å². The van der Waals surface area contributed by atoms with Gasteiger partial charge in [0.05, 0.1) is 33.9 Å². The van der Waals surface area contributed by atoms with Crippen molar-refractivity contribution in [1.29, 1.82) is 0 Å². The molecular formula is C46H78NO10P. The third kappa shape index (κ3) is 28.6. The monoisotopic (exact) mass is 836 g/mol. The summed E-state index contributed by atoms with van der Waals surface area (Å²) in [7, 11) is 1.05. The average Bonchev–Trinajstić information content (AvgIpc) is 3.43. The van der Waals surface area contributed by atoms with Crippen LogP contribution in [0, 0.1) is 13.8 Å². The molecule has 0 aliphatic carbocycles. The van der Waals surface area contributed by atoms with Gasteiger partial charge in [-0.2, -0.15) is 0 Å². The second-order valence-corrected chi connectivity index (χ2v) is 17.5. The Morgan fingerprint density at radius 2 is 1.41 bits per heavy atom. The number of ether oxygens (including phenoxy) is 2. The maximum Gasteiger partial charge on any atom is 0.306 e. The number of likely N-dealkylation sites (N-methyl/N-ethyl adjacent to an activating group) is 1. The van der Waals surface area contributed by atoms with Crippen LogP contribution in [0.5, 0.6) is 0 Å². The zero-order chi connectivity index (χ0) is 43.1. The normalized spacial score (nSPS) is 14.6. The molecule has 3 atom stereocenters. The number of nitrogens with zero attached hydrogens (tertiary/aromatic N) is 1. The van der Waals surface area contributed by atoms with Gasteiger partial charge in [-0.1, -0.05) is 101 Å². The second kappa shape index (κ2) is 32.0. The van der Waals surface area contributed by atoms with E-state index < -0.39 is 38.6 Å². The van der Waals surface area contributed by atoms with Crippen LogP contribution < -0.4 is 4.89 Å². The van der Waals surface area contributed by atoms with Crippen molar-refractivity contribution in [2.75, 3.05) is 47.5 Å². The molecule has 0 aliphatic heterocycles. The number of carbonyl (C=O) groups is 2. The predicted octanol–water partition coefficient (Wildman–Crippen LogP) is 9.90. The number of phosphoric acid groups is 1. The molecule has 1 aromatic heterocycles. The SMILES string of the molecule is CCCCC/C=C\C/C=C\CC(O)/C=C\C=C\CCCC(=O)OC[C@H](COP(=O)([O-])OCC[N+](C)(C)C)OC(=O)CCCCCCCCc1oc(CCC)c(C)c1C. The predicted molar refractivity (Wildman–Crippen MR) is 231 cm³/mol. The highest BCUT2D eigenvalue weighted by Gasteiger charge is 2.22. The first-order valence-corrected chi connectivity index (χ1v) is 23.3. The standard InChI is InChI=1S/C46H78NO10P/c1-8-10-11-12-13-14-15-19-24-30-41(48)31-25-20-18-23-27-33-45(49)53-37-42(38-55-58(51,52)54-36-35-47(5,6)7)56-46(50)34-28-22-17-16-21-26-32-44-40(4)39(3)43(57-44)29-9-2/h13-14,18-20,24-25,31,41-42,48H,8-12,15-17,21-23,26-30,32-38H2,1-7H3/b14-13-,20-18+,24-19-,31-25-/t41?,42-/m1/s1. The van der Waals surface area contributed by atoms with Gasteiger partial charge in [-0.05, 0) is 82.8 Å². The van der Waals surface area contributed by atoms with E-state index in [1.54, 1.807) is 12.2 Å². The van der Waals surface area contributed by atoms with E-state index in [2.05, 4.69) is 45.9 Å². The van der Waals surface area contributed by atoms with Crippen LogP contribution in [0.25, 0.3) is 0 Å². The van der Waals surface area contributed by atoms with Gasteiger partial charge in [0.2, 0.25) is 0 Å². The number of furan rings is 1. The van der Waals surface area contributed by atoms with Gasteiger partial charge in [-0.15, -0.1) is 0 Å². The first-order valence-electron chi connectivity index (χ1n) is 21.8. The van der Waals surface area contributed by atoms with Crippen LogP contribution in [0.3, 0.4) is 0 Å². The number of aliphatic hydroxyl groups excluding tert-OH is 1. The van der Waals surface area contributed by atoms with Crippen LogP contribution in [0.4, 0.5) is 0 Å². The molecule has 0 aromatic carbocycles. The number of unbranched alkanes of at least 4 members (excludes halogenated alkanes) is 9.